The summed E-state index contributed by atoms with van der Waals surface area (Å²) in [7, 11) is 0. The van der Waals surface area contributed by atoms with Gasteiger partial charge in [-0.05, 0) is 30.7 Å². The molecule has 0 spiro atoms. The summed E-state index contributed by atoms with van der Waals surface area (Å²) in [4.78, 5) is 0. The minimum absolute atomic E-state index is 0.167. The molecule has 1 atom stereocenters. The molecule has 1 aromatic carbocycles. The average Bonchev–Trinajstić information content (AvgIpc) is 2.26. The van der Waals surface area contributed by atoms with E-state index in [0.29, 0.717) is 13.0 Å². The van der Waals surface area contributed by atoms with Crippen LogP contribution in [0, 0.1) is 5.92 Å². The summed E-state index contributed by atoms with van der Waals surface area (Å²) in [5.74, 6) is 1.04. The number of hydrogen-bond acceptors (Lipinski definition) is 2. The highest BCUT2D eigenvalue weighted by atomic mass is 79.9. The van der Waals surface area contributed by atoms with Gasteiger partial charge in [-0.3, -0.25) is 0 Å². The van der Waals surface area contributed by atoms with Gasteiger partial charge in [-0.1, -0.05) is 22.0 Å². The van der Waals surface area contributed by atoms with E-state index in [1.165, 1.54) is 0 Å². The van der Waals surface area contributed by atoms with Crippen LogP contribution in [-0.4, -0.2) is 18.3 Å². The van der Waals surface area contributed by atoms with Crippen LogP contribution >= 0.6 is 15.9 Å². The summed E-state index contributed by atoms with van der Waals surface area (Å²) in [6.07, 6.45) is 2.51. The van der Waals surface area contributed by atoms with Crippen LogP contribution in [0.4, 0.5) is 0 Å². The monoisotopic (exact) mass is 270 g/mol. The third-order valence-corrected chi connectivity index (χ3v) is 2.64. The maximum Gasteiger partial charge on any atom is 0.119 e. The van der Waals surface area contributed by atoms with Gasteiger partial charge in [0.1, 0.15) is 5.75 Å². The summed E-state index contributed by atoms with van der Waals surface area (Å²) >= 11 is 3.36. The fourth-order valence-electron chi connectivity index (χ4n) is 1.17. The van der Waals surface area contributed by atoms with Gasteiger partial charge in [0, 0.05) is 17.0 Å². The Labute approximate surface area is 98.7 Å². The molecule has 0 bridgehead atoms. The van der Waals surface area contributed by atoms with E-state index in [1.807, 2.05) is 30.3 Å². The van der Waals surface area contributed by atoms with E-state index in [2.05, 4.69) is 22.5 Å². The van der Waals surface area contributed by atoms with Crippen molar-refractivity contribution in [3.63, 3.8) is 0 Å². The largest absolute Gasteiger partial charge is 0.493 e. The second kappa shape index (κ2) is 6.64. The van der Waals surface area contributed by atoms with Gasteiger partial charge < -0.3 is 9.84 Å². The van der Waals surface area contributed by atoms with Gasteiger partial charge in [0.05, 0.1) is 6.61 Å². The quantitative estimate of drug-likeness (QED) is 0.806. The minimum Gasteiger partial charge on any atom is -0.493 e. The standard InChI is InChI=1S/C12H15BrO2/c1-2-10(7-8-14)9-15-12-5-3-11(13)4-6-12/h2-6,10,14H,1,7-9H2. The molecular weight excluding hydrogens is 256 g/mol. The van der Waals surface area contributed by atoms with E-state index in [0.717, 1.165) is 10.2 Å². The van der Waals surface area contributed by atoms with Gasteiger partial charge in [0.25, 0.3) is 0 Å². The number of ether oxygens (including phenoxy) is 1. The van der Waals surface area contributed by atoms with Crippen molar-refractivity contribution in [3.05, 3.63) is 41.4 Å². The van der Waals surface area contributed by atoms with Crippen LogP contribution in [0.3, 0.4) is 0 Å². The number of rotatable bonds is 6. The molecule has 0 saturated heterocycles. The van der Waals surface area contributed by atoms with Crippen LogP contribution in [0.5, 0.6) is 5.75 Å². The predicted octanol–water partition coefficient (Wildman–Crippen LogP) is 3.01. The highest BCUT2D eigenvalue weighted by Gasteiger charge is 2.04. The molecule has 15 heavy (non-hydrogen) atoms. The Balaban J connectivity index is 2.41. The topological polar surface area (TPSA) is 29.5 Å². The molecule has 0 fully saturated rings. The first-order valence-electron chi connectivity index (χ1n) is 4.88. The van der Waals surface area contributed by atoms with Crippen molar-refractivity contribution in [1.29, 1.82) is 0 Å². The maximum atomic E-state index is 8.79. The highest BCUT2D eigenvalue weighted by molar-refractivity contribution is 9.10. The van der Waals surface area contributed by atoms with Crippen molar-refractivity contribution in [2.24, 2.45) is 5.92 Å². The molecule has 3 heteroatoms. The molecule has 0 radical (unpaired) electrons. The van der Waals surface area contributed by atoms with Crippen molar-refractivity contribution in [2.45, 2.75) is 6.42 Å². The van der Waals surface area contributed by atoms with E-state index >= 15 is 0 Å². The maximum absolute atomic E-state index is 8.79. The Morgan fingerprint density at radius 1 is 1.40 bits per heavy atom. The second-order valence-corrected chi connectivity index (χ2v) is 4.19. The summed E-state index contributed by atoms with van der Waals surface area (Å²) in [5.41, 5.74) is 0. The van der Waals surface area contributed by atoms with E-state index in [-0.39, 0.29) is 12.5 Å². The Morgan fingerprint density at radius 2 is 2.07 bits per heavy atom. The summed E-state index contributed by atoms with van der Waals surface area (Å²) in [5, 5.41) is 8.79. The molecule has 2 nitrogen and oxygen atoms in total. The van der Waals surface area contributed by atoms with Crippen LogP contribution in [0.1, 0.15) is 6.42 Å². The van der Waals surface area contributed by atoms with Crippen molar-refractivity contribution in [2.75, 3.05) is 13.2 Å². The van der Waals surface area contributed by atoms with Gasteiger partial charge >= 0.3 is 0 Å². The molecular formula is C12H15BrO2. The average molecular weight is 271 g/mol. The number of halogens is 1. The first-order valence-corrected chi connectivity index (χ1v) is 5.67. The van der Waals surface area contributed by atoms with E-state index in [1.54, 1.807) is 0 Å². The lowest BCUT2D eigenvalue weighted by atomic mass is 10.1. The zero-order chi connectivity index (χ0) is 11.1. The first-order chi connectivity index (χ1) is 7.26. The van der Waals surface area contributed by atoms with Gasteiger partial charge in [0.2, 0.25) is 0 Å². The van der Waals surface area contributed by atoms with Crippen molar-refractivity contribution >= 4 is 15.9 Å². The van der Waals surface area contributed by atoms with Crippen LogP contribution in [-0.2, 0) is 0 Å². The molecule has 0 aromatic heterocycles. The first kappa shape index (κ1) is 12.3. The number of aliphatic hydroxyl groups is 1. The zero-order valence-electron chi connectivity index (χ0n) is 8.53. The van der Waals surface area contributed by atoms with Crippen LogP contribution in [0.2, 0.25) is 0 Å². The van der Waals surface area contributed by atoms with E-state index in [9.17, 15) is 0 Å². The van der Waals surface area contributed by atoms with E-state index in [4.69, 9.17) is 9.84 Å². The Kier molecular flexibility index (Phi) is 5.43. The SMILES string of the molecule is C=CC(CCO)COc1ccc(Br)cc1. The molecule has 1 unspecified atom stereocenters. The Bertz CT molecular complexity index is 295. The Hall–Kier alpha value is -0.800. The molecule has 0 aliphatic carbocycles. The van der Waals surface area contributed by atoms with Crippen molar-refractivity contribution < 1.29 is 9.84 Å². The molecule has 0 aliphatic heterocycles. The molecule has 1 rings (SSSR count). The molecule has 1 aromatic rings. The molecule has 0 amide bonds. The molecule has 0 saturated carbocycles. The normalized spacial score (nSPS) is 12.1. The van der Waals surface area contributed by atoms with Gasteiger partial charge in [-0.2, -0.15) is 0 Å². The fraction of sp³-hybridized carbons (Fsp3) is 0.333. The zero-order valence-corrected chi connectivity index (χ0v) is 10.1. The third-order valence-electron chi connectivity index (χ3n) is 2.11. The summed E-state index contributed by atoms with van der Waals surface area (Å²) in [6, 6.07) is 7.68. The molecule has 1 N–H and O–H groups in total. The lowest BCUT2D eigenvalue weighted by Gasteiger charge is -2.12. The van der Waals surface area contributed by atoms with Crippen molar-refractivity contribution in [3.8, 4) is 5.75 Å². The van der Waals surface area contributed by atoms with Gasteiger partial charge in [-0.15, -0.1) is 6.58 Å². The van der Waals surface area contributed by atoms with Crippen molar-refractivity contribution in [1.82, 2.24) is 0 Å². The van der Waals surface area contributed by atoms with Crippen LogP contribution < -0.4 is 4.74 Å². The molecule has 82 valence electrons. The second-order valence-electron chi connectivity index (χ2n) is 3.27. The molecule has 0 aliphatic rings. The molecule has 0 heterocycles. The predicted molar refractivity (Wildman–Crippen MR) is 65.0 cm³/mol. The van der Waals surface area contributed by atoms with Gasteiger partial charge in [0.15, 0.2) is 0 Å². The number of benzene rings is 1. The van der Waals surface area contributed by atoms with Crippen LogP contribution in [0.25, 0.3) is 0 Å². The van der Waals surface area contributed by atoms with E-state index < -0.39 is 0 Å². The Morgan fingerprint density at radius 3 is 2.60 bits per heavy atom. The highest BCUT2D eigenvalue weighted by Crippen LogP contribution is 2.17. The van der Waals surface area contributed by atoms with Crippen LogP contribution in [0.15, 0.2) is 41.4 Å². The number of hydrogen-bond donors (Lipinski definition) is 1. The lowest BCUT2D eigenvalue weighted by molar-refractivity contribution is 0.221. The summed E-state index contributed by atoms with van der Waals surface area (Å²) in [6.45, 7) is 4.44. The van der Waals surface area contributed by atoms with Gasteiger partial charge in [-0.25, -0.2) is 0 Å². The number of aliphatic hydroxyl groups excluding tert-OH is 1. The minimum atomic E-state index is 0.167. The fourth-order valence-corrected chi connectivity index (χ4v) is 1.43. The lowest BCUT2D eigenvalue weighted by Crippen LogP contribution is -2.11. The summed E-state index contributed by atoms with van der Waals surface area (Å²) < 4.78 is 6.60. The smallest absolute Gasteiger partial charge is 0.119 e. The third kappa shape index (κ3) is 4.49.